The number of carboxylic acid groups (broad SMARTS) is 2. The molecule has 0 fully saturated rings. The van der Waals surface area contributed by atoms with Crippen molar-refractivity contribution in [1.29, 1.82) is 0 Å². The van der Waals surface area contributed by atoms with Crippen molar-refractivity contribution in [2.45, 2.75) is 10.5 Å². The second kappa shape index (κ2) is 7.52. The predicted octanol–water partition coefficient (Wildman–Crippen LogP) is -10.6. The summed E-state index contributed by atoms with van der Waals surface area (Å²) in [6, 6.07) is 0. The molecule has 0 aliphatic rings. The summed E-state index contributed by atoms with van der Waals surface area (Å²) >= 11 is 0. The summed E-state index contributed by atoms with van der Waals surface area (Å²) in [7, 11) is -12.0. The van der Waals surface area contributed by atoms with Gasteiger partial charge in [0.1, 0.15) is 0 Å². The molecule has 0 aromatic rings. The molecule has 0 saturated carbocycles. The molecule has 0 rings (SSSR count). The van der Waals surface area contributed by atoms with E-state index in [1.54, 1.807) is 0 Å². The number of carbonyl (C=O) groups excluding carboxylic acids is 2. The maximum absolute atomic E-state index is 10.6. The van der Waals surface area contributed by atoms with Crippen LogP contribution in [0.2, 0.25) is 0 Å². The molecule has 0 unspecified atom stereocenters. The van der Waals surface area contributed by atoms with Crippen LogP contribution in [0.15, 0.2) is 0 Å². The molecule has 14 heteroatoms. The van der Waals surface area contributed by atoms with Crippen LogP contribution < -0.4 is 69.3 Å². The molecule has 0 aliphatic heterocycles. The van der Waals surface area contributed by atoms with Gasteiger partial charge in [-0.05, 0) is 0 Å². The Balaban J connectivity index is -0.00000112. The summed E-state index contributed by atoms with van der Waals surface area (Å²) in [6.07, 6.45) is -2.22. The second-order valence-electron chi connectivity index (χ2n) is 2.54. The summed E-state index contributed by atoms with van der Waals surface area (Å²) < 4.78 is 54.7. The van der Waals surface area contributed by atoms with Crippen molar-refractivity contribution in [3.63, 3.8) is 0 Å². The van der Waals surface area contributed by atoms with Gasteiger partial charge >= 0.3 is 59.1 Å². The van der Waals surface area contributed by atoms with Crippen molar-refractivity contribution >= 4 is 32.2 Å². The third-order valence-corrected chi connectivity index (χ3v) is 5.07. The van der Waals surface area contributed by atoms with E-state index >= 15 is 0 Å². The monoisotopic (exact) mass is 322 g/mol. The first-order valence-corrected chi connectivity index (χ1v) is 6.09. The Kier molecular flexibility index (Phi) is 9.95. The molecule has 2 N–H and O–H groups in total. The van der Waals surface area contributed by atoms with Gasteiger partial charge in [0.25, 0.3) is 24.3 Å². The van der Waals surface area contributed by atoms with Gasteiger partial charge in [-0.3, -0.25) is 9.11 Å². The third-order valence-electron chi connectivity index (χ3n) is 1.52. The van der Waals surface area contributed by atoms with Gasteiger partial charge in [0, 0.05) is 12.4 Å². The standard InChI is InChI=1S/C4H6O10S2.2Na/c5-2(6)1-4(3(7)8,15(9,10)11)16(12,13)14;;/h1H2,(H,5,6)(H,7,8)(H,9,10,11)(H,12,13,14);;/q;2*+1/p-2. The molecule has 0 atom stereocenters. The minimum atomic E-state index is -6.00. The van der Waals surface area contributed by atoms with Crippen molar-refractivity contribution in [1.82, 2.24) is 0 Å². The quantitative estimate of drug-likeness (QED) is 0.363. The van der Waals surface area contributed by atoms with Crippen LogP contribution in [0.5, 0.6) is 0 Å². The SMILES string of the molecule is O=C([O-])CC(C(=O)[O-])(S(=O)(=O)O)S(=O)(=O)O.[Na+].[Na+]. The Morgan fingerprint density at radius 2 is 1.22 bits per heavy atom. The fraction of sp³-hybridized carbons (Fsp3) is 0.500. The van der Waals surface area contributed by atoms with E-state index in [0.717, 1.165) is 0 Å². The van der Waals surface area contributed by atoms with E-state index in [9.17, 15) is 36.6 Å². The summed E-state index contributed by atoms with van der Waals surface area (Å²) in [4.78, 5) is 20.4. The molecule has 0 aromatic carbocycles. The van der Waals surface area contributed by atoms with E-state index in [4.69, 9.17) is 9.11 Å². The number of aliphatic carboxylic acids is 2. The molecule has 0 heterocycles. The molecular formula is C4H4Na2O10S2. The van der Waals surface area contributed by atoms with Crippen LogP contribution in [-0.2, 0) is 29.8 Å². The Hall–Kier alpha value is 0.760. The van der Waals surface area contributed by atoms with Gasteiger partial charge in [0.05, 0.1) is 5.97 Å². The molecule has 18 heavy (non-hydrogen) atoms. The van der Waals surface area contributed by atoms with Gasteiger partial charge in [-0.2, -0.15) is 16.8 Å². The average molecular weight is 322 g/mol. The van der Waals surface area contributed by atoms with Crippen LogP contribution in [0.3, 0.4) is 0 Å². The Morgan fingerprint density at radius 1 is 0.944 bits per heavy atom. The molecular weight excluding hydrogens is 318 g/mol. The van der Waals surface area contributed by atoms with Gasteiger partial charge < -0.3 is 19.8 Å². The molecule has 0 spiro atoms. The van der Waals surface area contributed by atoms with Crippen LogP contribution in [0.4, 0.5) is 0 Å². The van der Waals surface area contributed by atoms with Gasteiger partial charge in [-0.1, -0.05) is 0 Å². The first-order chi connectivity index (χ1) is 6.86. The maximum Gasteiger partial charge on any atom is 1.00 e. The van der Waals surface area contributed by atoms with Gasteiger partial charge in [-0.15, -0.1) is 0 Å². The number of hydrogen-bond donors (Lipinski definition) is 2. The zero-order chi connectivity index (χ0) is 13.4. The smallest absolute Gasteiger partial charge is 0.550 e. The van der Waals surface area contributed by atoms with Crippen LogP contribution in [0.25, 0.3) is 0 Å². The molecule has 0 aliphatic carbocycles. The van der Waals surface area contributed by atoms with Crippen molar-refractivity contribution in [2.75, 3.05) is 0 Å². The number of carbonyl (C=O) groups is 2. The van der Waals surface area contributed by atoms with Gasteiger partial charge in [0.2, 0.25) is 0 Å². The van der Waals surface area contributed by atoms with Crippen molar-refractivity contribution in [3.8, 4) is 0 Å². The van der Waals surface area contributed by atoms with E-state index in [2.05, 4.69) is 0 Å². The fourth-order valence-corrected chi connectivity index (χ4v) is 2.87. The van der Waals surface area contributed by atoms with Crippen molar-refractivity contribution in [2.24, 2.45) is 0 Å². The van der Waals surface area contributed by atoms with Crippen molar-refractivity contribution in [3.05, 3.63) is 0 Å². The first-order valence-electron chi connectivity index (χ1n) is 3.21. The fourth-order valence-electron chi connectivity index (χ4n) is 0.788. The summed E-state index contributed by atoms with van der Waals surface area (Å²) in [5.41, 5.74) is 0. The Bertz CT molecular complexity index is 486. The largest absolute Gasteiger partial charge is 1.00 e. The number of carboxylic acids is 2. The Morgan fingerprint density at radius 3 is 1.28 bits per heavy atom. The molecule has 0 amide bonds. The number of hydrogen-bond acceptors (Lipinski definition) is 8. The molecule has 0 saturated heterocycles. The van der Waals surface area contributed by atoms with E-state index in [1.165, 1.54) is 0 Å². The van der Waals surface area contributed by atoms with E-state index < -0.39 is 42.7 Å². The number of rotatable bonds is 5. The van der Waals surface area contributed by atoms with Crippen LogP contribution in [0.1, 0.15) is 6.42 Å². The average Bonchev–Trinajstić information content (AvgIpc) is 1.93. The Labute approximate surface area is 146 Å². The molecule has 10 nitrogen and oxygen atoms in total. The topological polar surface area (TPSA) is 189 Å². The zero-order valence-electron chi connectivity index (χ0n) is 9.18. The molecule has 0 radical (unpaired) electrons. The summed E-state index contributed by atoms with van der Waals surface area (Å²) in [6.45, 7) is 0. The molecule has 0 bridgehead atoms. The summed E-state index contributed by atoms with van der Waals surface area (Å²) in [5.74, 6) is -5.46. The first kappa shape index (κ1) is 23.8. The van der Waals surface area contributed by atoms with E-state index in [-0.39, 0.29) is 59.1 Å². The predicted molar refractivity (Wildman–Crippen MR) is 40.5 cm³/mol. The van der Waals surface area contributed by atoms with Crippen LogP contribution in [0, 0.1) is 0 Å². The zero-order valence-corrected chi connectivity index (χ0v) is 14.8. The summed E-state index contributed by atoms with van der Waals surface area (Å²) in [5, 5.41) is 20.4. The van der Waals surface area contributed by atoms with E-state index in [0.29, 0.717) is 0 Å². The van der Waals surface area contributed by atoms with Gasteiger partial charge in [0.15, 0.2) is 0 Å². The normalized spacial score (nSPS) is 11.9. The van der Waals surface area contributed by atoms with E-state index in [1.807, 2.05) is 0 Å². The third kappa shape index (κ3) is 4.70. The minimum Gasteiger partial charge on any atom is -0.550 e. The van der Waals surface area contributed by atoms with Crippen molar-refractivity contribution < 1.29 is 105 Å². The second-order valence-corrected chi connectivity index (χ2v) is 6.09. The maximum atomic E-state index is 10.6. The molecule has 94 valence electrons. The van der Waals surface area contributed by atoms with Crippen LogP contribution in [-0.4, -0.2) is 42.0 Å². The van der Waals surface area contributed by atoms with Gasteiger partial charge in [-0.25, -0.2) is 0 Å². The molecule has 0 aromatic heterocycles. The minimum absolute atomic E-state index is 0. The van der Waals surface area contributed by atoms with Crippen LogP contribution >= 0.6 is 0 Å².